The Hall–Kier alpha value is -2.25. The zero-order valence-electron chi connectivity index (χ0n) is 14.6. The number of benzene rings is 1. The summed E-state index contributed by atoms with van der Waals surface area (Å²) >= 11 is 0. The van der Waals surface area contributed by atoms with Gasteiger partial charge in [0.2, 0.25) is 0 Å². The second-order valence-electron chi connectivity index (χ2n) is 6.39. The van der Waals surface area contributed by atoms with E-state index in [-0.39, 0.29) is 12.0 Å². The summed E-state index contributed by atoms with van der Waals surface area (Å²) in [5.74, 6) is -0.0701. The predicted molar refractivity (Wildman–Crippen MR) is 94.6 cm³/mol. The van der Waals surface area contributed by atoms with Crippen LogP contribution >= 0.6 is 0 Å². The average Bonchev–Trinajstić information content (AvgIpc) is 3.12. The highest BCUT2D eigenvalue weighted by atomic mass is 16.5. The van der Waals surface area contributed by atoms with E-state index in [1.165, 1.54) is 0 Å². The Morgan fingerprint density at radius 2 is 2.16 bits per heavy atom. The molecule has 1 saturated heterocycles. The van der Waals surface area contributed by atoms with Gasteiger partial charge in [0.25, 0.3) is 5.91 Å². The van der Waals surface area contributed by atoms with Gasteiger partial charge in [-0.1, -0.05) is 17.3 Å². The minimum absolute atomic E-state index is 0.0701. The lowest BCUT2D eigenvalue weighted by Gasteiger charge is -2.31. The molecule has 7 heteroatoms. The molecule has 0 atom stereocenters. The fraction of sp³-hybridized carbons (Fsp3) is 0.500. The first-order chi connectivity index (χ1) is 12.2. The summed E-state index contributed by atoms with van der Waals surface area (Å²) in [4.78, 5) is 14.5. The third-order valence-corrected chi connectivity index (χ3v) is 4.41. The van der Waals surface area contributed by atoms with E-state index in [2.05, 4.69) is 10.3 Å². The Kier molecular flexibility index (Phi) is 5.78. The van der Waals surface area contributed by atoms with Crippen molar-refractivity contribution >= 4 is 5.91 Å². The van der Waals surface area contributed by atoms with Crippen LogP contribution in [0.1, 0.15) is 35.3 Å². The van der Waals surface area contributed by atoms with Crippen LogP contribution in [0.4, 0.5) is 0 Å². The number of carbonyl (C=O) groups is 1. The monoisotopic (exact) mass is 343 g/mol. The van der Waals surface area contributed by atoms with Gasteiger partial charge in [0.05, 0.1) is 18.0 Å². The summed E-state index contributed by atoms with van der Waals surface area (Å²) in [6.45, 7) is 4.73. The van der Waals surface area contributed by atoms with Crippen molar-refractivity contribution in [2.75, 3.05) is 26.2 Å². The van der Waals surface area contributed by atoms with Crippen LogP contribution < -0.4 is 5.73 Å². The van der Waals surface area contributed by atoms with Crippen molar-refractivity contribution in [3.8, 4) is 5.69 Å². The van der Waals surface area contributed by atoms with E-state index in [1.54, 1.807) is 10.9 Å². The van der Waals surface area contributed by atoms with Crippen LogP contribution in [0.3, 0.4) is 0 Å². The highest BCUT2D eigenvalue weighted by Gasteiger charge is 2.25. The maximum atomic E-state index is 12.6. The lowest BCUT2D eigenvalue weighted by Crippen LogP contribution is -2.41. The number of nitrogens with zero attached hydrogens (tertiary/aromatic N) is 4. The molecule has 7 nitrogen and oxygen atoms in total. The van der Waals surface area contributed by atoms with Gasteiger partial charge < -0.3 is 15.4 Å². The molecule has 0 spiro atoms. The molecule has 1 aromatic carbocycles. The molecule has 2 N–H and O–H groups in total. The lowest BCUT2D eigenvalue weighted by molar-refractivity contribution is 0.00829. The molecule has 0 saturated carbocycles. The number of carbonyl (C=O) groups excluding carboxylic acids is 1. The van der Waals surface area contributed by atoms with Crippen LogP contribution in [0.2, 0.25) is 0 Å². The van der Waals surface area contributed by atoms with Crippen LogP contribution in [-0.4, -0.2) is 58.1 Å². The van der Waals surface area contributed by atoms with E-state index in [1.807, 2.05) is 36.1 Å². The molecule has 0 aliphatic carbocycles. The Morgan fingerprint density at radius 1 is 1.36 bits per heavy atom. The fourth-order valence-corrected chi connectivity index (χ4v) is 2.98. The largest absolute Gasteiger partial charge is 0.378 e. The molecule has 2 aromatic rings. The van der Waals surface area contributed by atoms with E-state index >= 15 is 0 Å². The number of amides is 1. The van der Waals surface area contributed by atoms with Gasteiger partial charge in [-0.25, -0.2) is 4.68 Å². The van der Waals surface area contributed by atoms with Crippen molar-refractivity contribution in [3.63, 3.8) is 0 Å². The molecule has 1 aromatic heterocycles. The molecule has 2 heterocycles. The van der Waals surface area contributed by atoms with Crippen molar-refractivity contribution in [2.45, 2.75) is 32.3 Å². The minimum atomic E-state index is -0.0701. The number of aryl methyl sites for hydroxylation is 1. The summed E-state index contributed by atoms with van der Waals surface area (Å²) in [7, 11) is 0. The van der Waals surface area contributed by atoms with Crippen molar-refractivity contribution in [2.24, 2.45) is 5.73 Å². The zero-order chi connectivity index (χ0) is 17.6. The minimum Gasteiger partial charge on any atom is -0.378 e. The van der Waals surface area contributed by atoms with E-state index in [0.717, 1.165) is 30.5 Å². The molecule has 1 amide bonds. The normalized spacial score (nSPS) is 15.5. The van der Waals surface area contributed by atoms with Gasteiger partial charge >= 0.3 is 0 Å². The van der Waals surface area contributed by atoms with Crippen LogP contribution in [0, 0.1) is 6.92 Å². The number of piperidine rings is 1. The van der Waals surface area contributed by atoms with E-state index < -0.39 is 0 Å². The molecule has 25 heavy (non-hydrogen) atoms. The second-order valence-corrected chi connectivity index (χ2v) is 6.39. The summed E-state index contributed by atoms with van der Waals surface area (Å²) in [6, 6.07) is 7.93. The number of rotatable bonds is 6. The molecule has 0 radical (unpaired) electrons. The Morgan fingerprint density at radius 3 is 2.88 bits per heavy atom. The number of hydrogen-bond donors (Lipinski definition) is 1. The van der Waals surface area contributed by atoms with E-state index in [0.29, 0.717) is 31.9 Å². The second kappa shape index (κ2) is 8.22. The summed E-state index contributed by atoms with van der Waals surface area (Å²) < 4.78 is 7.42. The fourth-order valence-electron chi connectivity index (χ4n) is 2.98. The number of nitrogens with two attached hydrogens (primary N) is 1. The summed E-state index contributed by atoms with van der Waals surface area (Å²) in [5.41, 5.74) is 7.89. The first-order valence-electron chi connectivity index (χ1n) is 8.77. The average molecular weight is 343 g/mol. The Labute approximate surface area is 147 Å². The molecule has 1 fully saturated rings. The number of likely N-dealkylation sites (tertiary alicyclic amines) is 1. The quantitative estimate of drug-likeness (QED) is 0.804. The topological polar surface area (TPSA) is 86.3 Å². The van der Waals surface area contributed by atoms with Gasteiger partial charge in [-0.3, -0.25) is 4.79 Å². The molecule has 0 bridgehead atoms. The van der Waals surface area contributed by atoms with Gasteiger partial charge in [-0.15, -0.1) is 5.10 Å². The van der Waals surface area contributed by atoms with Gasteiger partial charge in [-0.05, 0) is 50.4 Å². The Bertz CT molecular complexity index is 707. The highest BCUT2D eigenvalue weighted by molar-refractivity contribution is 5.92. The van der Waals surface area contributed by atoms with E-state index in [9.17, 15) is 4.79 Å². The SMILES string of the molecule is Cc1cccc(-n2cc(C(=O)N3CCC(OCCCN)CC3)nn2)c1. The zero-order valence-corrected chi connectivity index (χ0v) is 14.6. The van der Waals surface area contributed by atoms with Gasteiger partial charge in [0, 0.05) is 19.7 Å². The van der Waals surface area contributed by atoms with Crippen LogP contribution in [-0.2, 0) is 4.74 Å². The molecule has 3 rings (SSSR count). The summed E-state index contributed by atoms with van der Waals surface area (Å²) in [5, 5.41) is 8.14. The smallest absolute Gasteiger partial charge is 0.276 e. The molecule has 134 valence electrons. The molecular weight excluding hydrogens is 318 g/mol. The maximum Gasteiger partial charge on any atom is 0.276 e. The van der Waals surface area contributed by atoms with Gasteiger partial charge in [0.15, 0.2) is 5.69 Å². The number of ether oxygens (including phenoxy) is 1. The maximum absolute atomic E-state index is 12.6. The van der Waals surface area contributed by atoms with Crippen LogP contribution in [0.25, 0.3) is 5.69 Å². The third kappa shape index (κ3) is 4.43. The Balaban J connectivity index is 1.57. The predicted octanol–water partition coefficient (Wildman–Crippen LogP) is 1.55. The van der Waals surface area contributed by atoms with E-state index in [4.69, 9.17) is 10.5 Å². The first kappa shape index (κ1) is 17.6. The number of hydrogen-bond acceptors (Lipinski definition) is 5. The van der Waals surface area contributed by atoms with Gasteiger partial charge in [0.1, 0.15) is 0 Å². The number of aromatic nitrogens is 3. The lowest BCUT2D eigenvalue weighted by atomic mass is 10.1. The van der Waals surface area contributed by atoms with Crippen LogP contribution in [0.5, 0.6) is 0 Å². The molecule has 1 aliphatic rings. The van der Waals surface area contributed by atoms with Gasteiger partial charge in [-0.2, -0.15) is 0 Å². The molecule has 0 unspecified atom stereocenters. The van der Waals surface area contributed by atoms with Crippen molar-refractivity contribution in [1.29, 1.82) is 0 Å². The van der Waals surface area contributed by atoms with Crippen molar-refractivity contribution in [1.82, 2.24) is 19.9 Å². The molecular formula is C18H25N5O2. The highest BCUT2D eigenvalue weighted by Crippen LogP contribution is 2.16. The molecule has 1 aliphatic heterocycles. The van der Waals surface area contributed by atoms with Crippen LogP contribution in [0.15, 0.2) is 30.5 Å². The standard InChI is InChI=1S/C18H25N5O2/c1-14-4-2-5-15(12-14)23-13-17(20-21-23)18(24)22-9-6-16(7-10-22)25-11-3-8-19/h2,4-5,12-13,16H,3,6-11,19H2,1H3. The summed E-state index contributed by atoms with van der Waals surface area (Å²) in [6.07, 6.45) is 4.49. The first-order valence-corrected chi connectivity index (χ1v) is 8.77. The van der Waals surface area contributed by atoms with Crippen molar-refractivity contribution < 1.29 is 9.53 Å². The van der Waals surface area contributed by atoms with Crippen molar-refractivity contribution in [3.05, 3.63) is 41.7 Å². The third-order valence-electron chi connectivity index (χ3n) is 4.41.